The smallest absolute Gasteiger partial charge is 0.337 e. The highest BCUT2D eigenvalue weighted by Crippen LogP contribution is 2.18. The third kappa shape index (κ3) is 7.30. The van der Waals surface area contributed by atoms with E-state index < -0.39 is 11.9 Å². The summed E-state index contributed by atoms with van der Waals surface area (Å²) < 4.78 is 10.2. The van der Waals surface area contributed by atoms with Gasteiger partial charge in [0, 0.05) is 11.4 Å². The Morgan fingerprint density at radius 3 is 2.37 bits per heavy atom. The summed E-state index contributed by atoms with van der Waals surface area (Å²) in [7, 11) is 1.28. The molecule has 3 aromatic carbocycles. The van der Waals surface area contributed by atoms with Crippen molar-refractivity contribution in [1.82, 2.24) is 0 Å². The molecular weight excluding hydrogens is 446 g/mol. The third-order valence-corrected chi connectivity index (χ3v) is 4.77. The van der Waals surface area contributed by atoms with Crippen LogP contribution in [0, 0.1) is 18.3 Å². The van der Waals surface area contributed by atoms with Crippen LogP contribution in [0.25, 0.3) is 6.08 Å². The molecule has 0 atom stereocenters. The Balaban J connectivity index is 1.62. The van der Waals surface area contributed by atoms with Gasteiger partial charge < -0.3 is 20.1 Å². The number of hydrogen-bond donors (Lipinski definition) is 2. The van der Waals surface area contributed by atoms with Gasteiger partial charge in [-0.3, -0.25) is 9.59 Å². The van der Waals surface area contributed by atoms with Gasteiger partial charge in [-0.05, 0) is 72.7 Å². The molecule has 3 aromatic rings. The quantitative estimate of drug-likeness (QED) is 0.288. The monoisotopic (exact) mass is 469 g/mol. The zero-order chi connectivity index (χ0) is 25.2. The highest BCUT2D eigenvalue weighted by Gasteiger charge is 2.11. The van der Waals surface area contributed by atoms with Gasteiger partial charge in [-0.25, -0.2) is 4.79 Å². The topological polar surface area (TPSA) is 118 Å². The molecule has 0 aliphatic heterocycles. The van der Waals surface area contributed by atoms with Crippen molar-refractivity contribution in [3.05, 3.63) is 95.1 Å². The molecule has 0 radical (unpaired) electrons. The van der Waals surface area contributed by atoms with Crippen molar-refractivity contribution in [3.8, 4) is 11.8 Å². The number of benzene rings is 3. The number of carbonyl (C=O) groups excluding carboxylic acids is 3. The number of esters is 1. The molecule has 0 spiro atoms. The summed E-state index contributed by atoms with van der Waals surface area (Å²) in [5.74, 6) is -1.00. The van der Waals surface area contributed by atoms with Crippen molar-refractivity contribution in [2.75, 3.05) is 24.4 Å². The van der Waals surface area contributed by atoms with Crippen LogP contribution in [0.15, 0.2) is 78.4 Å². The molecule has 3 rings (SSSR count). The molecule has 0 fully saturated rings. The third-order valence-electron chi connectivity index (χ3n) is 4.77. The van der Waals surface area contributed by atoms with Crippen LogP contribution in [0.2, 0.25) is 0 Å². The van der Waals surface area contributed by atoms with Crippen LogP contribution < -0.4 is 15.4 Å². The minimum atomic E-state index is -0.609. The van der Waals surface area contributed by atoms with Gasteiger partial charge in [-0.2, -0.15) is 5.26 Å². The van der Waals surface area contributed by atoms with E-state index in [0.29, 0.717) is 28.3 Å². The lowest BCUT2D eigenvalue weighted by atomic mass is 10.1. The van der Waals surface area contributed by atoms with Crippen molar-refractivity contribution in [2.45, 2.75) is 6.92 Å². The summed E-state index contributed by atoms with van der Waals surface area (Å²) in [5.41, 5.74) is 2.88. The molecule has 0 aromatic heterocycles. The Bertz CT molecular complexity index is 1310. The number of methoxy groups -OCH3 is 1. The molecule has 0 heterocycles. The number of rotatable bonds is 8. The van der Waals surface area contributed by atoms with E-state index in [1.54, 1.807) is 30.3 Å². The standard InChI is InChI=1S/C27H23N3O5/c1-18-5-3-7-23(13-18)29-25(31)17-35-24-8-4-6-19(15-24)14-21(16-28)26(32)30-22-11-9-20(10-12-22)27(33)34-2/h3-15H,17H2,1-2H3,(H,29,31)(H,30,32)/b21-14-. The predicted octanol–water partition coefficient (Wildman–Crippen LogP) is 4.34. The molecular formula is C27H23N3O5. The fraction of sp³-hybridized carbons (Fsp3) is 0.111. The van der Waals surface area contributed by atoms with Crippen molar-refractivity contribution in [2.24, 2.45) is 0 Å². The summed E-state index contributed by atoms with van der Waals surface area (Å²) in [6, 6.07) is 22.1. The van der Waals surface area contributed by atoms with Gasteiger partial charge in [-0.1, -0.05) is 24.3 Å². The molecule has 0 saturated heterocycles. The van der Waals surface area contributed by atoms with Crippen LogP contribution >= 0.6 is 0 Å². The van der Waals surface area contributed by atoms with E-state index in [0.717, 1.165) is 5.56 Å². The minimum Gasteiger partial charge on any atom is -0.484 e. The SMILES string of the molecule is COC(=O)c1ccc(NC(=O)/C(C#N)=C\c2cccc(OCC(=O)Nc3cccc(C)c3)c2)cc1. The van der Waals surface area contributed by atoms with E-state index in [4.69, 9.17) is 4.74 Å². The van der Waals surface area contributed by atoms with Crippen LogP contribution in [0.4, 0.5) is 11.4 Å². The lowest BCUT2D eigenvalue weighted by Crippen LogP contribution is -2.20. The Labute approximate surface area is 202 Å². The number of anilines is 2. The maximum absolute atomic E-state index is 12.5. The second-order valence-corrected chi connectivity index (χ2v) is 7.47. The molecule has 0 unspecified atom stereocenters. The fourth-order valence-corrected chi connectivity index (χ4v) is 3.08. The number of nitrogens with zero attached hydrogens (tertiary/aromatic N) is 1. The first kappa shape index (κ1) is 24.7. The number of aryl methyl sites for hydroxylation is 1. The van der Waals surface area contributed by atoms with Gasteiger partial charge in [0.1, 0.15) is 17.4 Å². The number of nitriles is 1. The summed E-state index contributed by atoms with van der Waals surface area (Å²) >= 11 is 0. The van der Waals surface area contributed by atoms with Crippen LogP contribution in [0.3, 0.4) is 0 Å². The van der Waals surface area contributed by atoms with E-state index in [-0.39, 0.29) is 18.1 Å². The number of ether oxygens (including phenoxy) is 2. The molecule has 8 nitrogen and oxygen atoms in total. The molecule has 2 N–H and O–H groups in total. The van der Waals surface area contributed by atoms with Gasteiger partial charge in [0.2, 0.25) is 0 Å². The fourth-order valence-electron chi connectivity index (χ4n) is 3.08. The Kier molecular flexibility index (Phi) is 8.35. The van der Waals surface area contributed by atoms with Gasteiger partial charge in [0.15, 0.2) is 6.61 Å². The lowest BCUT2D eigenvalue weighted by molar-refractivity contribution is -0.118. The Hall–Kier alpha value is -4.90. The lowest BCUT2D eigenvalue weighted by Gasteiger charge is -2.09. The second-order valence-electron chi connectivity index (χ2n) is 7.47. The van der Waals surface area contributed by atoms with Crippen molar-refractivity contribution in [3.63, 3.8) is 0 Å². The van der Waals surface area contributed by atoms with Crippen molar-refractivity contribution < 1.29 is 23.9 Å². The predicted molar refractivity (Wildman–Crippen MR) is 132 cm³/mol. The largest absolute Gasteiger partial charge is 0.484 e. The molecule has 0 aliphatic rings. The van der Waals surface area contributed by atoms with Gasteiger partial charge >= 0.3 is 5.97 Å². The van der Waals surface area contributed by atoms with Gasteiger partial charge in [-0.15, -0.1) is 0 Å². The van der Waals surface area contributed by atoms with Crippen LogP contribution in [-0.4, -0.2) is 31.5 Å². The van der Waals surface area contributed by atoms with Gasteiger partial charge in [0.25, 0.3) is 11.8 Å². The highest BCUT2D eigenvalue weighted by atomic mass is 16.5. The second kappa shape index (κ2) is 11.8. The maximum Gasteiger partial charge on any atom is 0.337 e. The summed E-state index contributed by atoms with van der Waals surface area (Å²) in [6.07, 6.45) is 1.41. The summed E-state index contributed by atoms with van der Waals surface area (Å²) in [4.78, 5) is 36.2. The Morgan fingerprint density at radius 1 is 0.943 bits per heavy atom. The molecule has 8 heteroatoms. The van der Waals surface area contributed by atoms with E-state index in [9.17, 15) is 19.6 Å². The maximum atomic E-state index is 12.5. The van der Waals surface area contributed by atoms with Crippen molar-refractivity contribution >= 4 is 35.2 Å². The average Bonchev–Trinajstić information content (AvgIpc) is 2.86. The number of hydrogen-bond acceptors (Lipinski definition) is 6. The molecule has 0 saturated carbocycles. The number of nitrogens with one attached hydrogen (secondary N) is 2. The highest BCUT2D eigenvalue weighted by molar-refractivity contribution is 6.09. The zero-order valence-electron chi connectivity index (χ0n) is 19.2. The zero-order valence-corrected chi connectivity index (χ0v) is 19.2. The van der Waals surface area contributed by atoms with Crippen LogP contribution in [0.5, 0.6) is 5.75 Å². The number of amides is 2. The molecule has 0 aliphatic carbocycles. The van der Waals surface area contributed by atoms with Crippen LogP contribution in [0.1, 0.15) is 21.5 Å². The van der Waals surface area contributed by atoms with Crippen molar-refractivity contribution in [1.29, 1.82) is 5.26 Å². The average molecular weight is 469 g/mol. The molecule has 35 heavy (non-hydrogen) atoms. The normalized spacial score (nSPS) is 10.6. The summed E-state index contributed by atoms with van der Waals surface area (Å²) in [5, 5.41) is 14.8. The number of carbonyl (C=O) groups is 3. The minimum absolute atomic E-state index is 0.128. The van der Waals surface area contributed by atoms with E-state index in [1.165, 1.54) is 37.5 Å². The first-order chi connectivity index (χ1) is 16.9. The summed E-state index contributed by atoms with van der Waals surface area (Å²) in [6.45, 7) is 1.73. The Morgan fingerprint density at radius 2 is 1.69 bits per heavy atom. The molecule has 2 amide bonds. The van der Waals surface area contributed by atoms with E-state index >= 15 is 0 Å². The van der Waals surface area contributed by atoms with E-state index in [2.05, 4.69) is 15.4 Å². The van der Waals surface area contributed by atoms with E-state index in [1.807, 2.05) is 31.2 Å². The molecule has 176 valence electrons. The first-order valence-electron chi connectivity index (χ1n) is 10.6. The van der Waals surface area contributed by atoms with Gasteiger partial charge in [0.05, 0.1) is 12.7 Å². The molecule has 0 bridgehead atoms. The first-order valence-corrected chi connectivity index (χ1v) is 10.6. The van der Waals surface area contributed by atoms with Crippen LogP contribution in [-0.2, 0) is 14.3 Å².